The Morgan fingerprint density at radius 2 is 1.85 bits per heavy atom. The van der Waals surface area contributed by atoms with Crippen LogP contribution in [0.4, 0.5) is 10.1 Å². The highest BCUT2D eigenvalue weighted by Gasteiger charge is 2.14. The topological polar surface area (TPSA) is 60.2 Å². The van der Waals surface area contributed by atoms with Crippen LogP contribution in [0.5, 0.6) is 0 Å². The average molecular weight is 338 g/mol. The summed E-state index contributed by atoms with van der Waals surface area (Å²) in [5, 5.41) is 10.8. The van der Waals surface area contributed by atoms with Crippen molar-refractivity contribution in [3.05, 3.63) is 74.0 Å². The lowest BCUT2D eigenvalue weighted by Crippen LogP contribution is -2.04. The van der Waals surface area contributed by atoms with Gasteiger partial charge in [0.25, 0.3) is 5.69 Å². The van der Waals surface area contributed by atoms with E-state index in [1.54, 1.807) is 0 Å². The molecule has 0 saturated carbocycles. The molecule has 0 bridgehead atoms. The van der Waals surface area contributed by atoms with E-state index in [2.05, 4.69) is 15.9 Å². The van der Waals surface area contributed by atoms with Crippen molar-refractivity contribution in [1.29, 1.82) is 0 Å². The van der Waals surface area contributed by atoms with E-state index in [1.807, 2.05) is 0 Å². The number of carbonyl (C=O) groups excluding carboxylic acids is 1. The van der Waals surface area contributed by atoms with Crippen LogP contribution in [-0.4, -0.2) is 10.7 Å². The van der Waals surface area contributed by atoms with Crippen LogP contribution in [0.3, 0.4) is 0 Å². The fraction of sp³-hybridized carbons (Fsp3) is 0.0714. The Labute approximate surface area is 122 Å². The van der Waals surface area contributed by atoms with Crippen molar-refractivity contribution < 1.29 is 14.1 Å². The number of Topliss-reactive ketones (excluding diaryl/α,β-unsaturated/α-hetero) is 1. The van der Waals surface area contributed by atoms with Gasteiger partial charge in [-0.25, -0.2) is 4.39 Å². The number of hydrogen-bond acceptors (Lipinski definition) is 3. The average Bonchev–Trinajstić information content (AvgIpc) is 2.40. The molecule has 0 spiro atoms. The maximum atomic E-state index is 12.8. The number of rotatable bonds is 4. The van der Waals surface area contributed by atoms with Crippen LogP contribution in [0.1, 0.15) is 15.9 Å². The zero-order valence-electron chi connectivity index (χ0n) is 10.2. The smallest absolute Gasteiger partial charge is 0.271 e. The number of carbonyl (C=O) groups is 1. The molecule has 0 aliphatic rings. The molecule has 2 rings (SSSR count). The van der Waals surface area contributed by atoms with Crippen LogP contribution < -0.4 is 0 Å². The Bertz CT molecular complexity index is 671. The Balaban J connectivity index is 2.25. The van der Waals surface area contributed by atoms with Gasteiger partial charge < -0.3 is 0 Å². The molecule has 0 radical (unpaired) electrons. The minimum absolute atomic E-state index is 0.0634. The Kier molecular flexibility index (Phi) is 4.24. The molecule has 2 aromatic carbocycles. The summed E-state index contributed by atoms with van der Waals surface area (Å²) in [4.78, 5) is 22.3. The number of ketones is 1. The summed E-state index contributed by atoms with van der Waals surface area (Å²) in [5.41, 5.74) is 0.747. The van der Waals surface area contributed by atoms with E-state index >= 15 is 0 Å². The van der Waals surface area contributed by atoms with Crippen LogP contribution in [0.15, 0.2) is 46.9 Å². The van der Waals surface area contributed by atoms with E-state index < -0.39 is 4.92 Å². The van der Waals surface area contributed by atoms with Gasteiger partial charge in [-0.05, 0) is 23.8 Å². The van der Waals surface area contributed by atoms with Gasteiger partial charge in [0.15, 0.2) is 5.78 Å². The first-order chi connectivity index (χ1) is 9.45. The van der Waals surface area contributed by atoms with Gasteiger partial charge in [-0.2, -0.15) is 0 Å². The molecule has 4 nitrogen and oxygen atoms in total. The number of hydrogen-bond donors (Lipinski definition) is 0. The third-order valence-corrected chi connectivity index (χ3v) is 3.15. The first-order valence-corrected chi connectivity index (χ1v) is 6.47. The largest absolute Gasteiger partial charge is 0.294 e. The first kappa shape index (κ1) is 14.3. The van der Waals surface area contributed by atoms with Gasteiger partial charge in [-0.1, -0.05) is 28.1 Å². The molecule has 0 aliphatic carbocycles. The predicted molar refractivity (Wildman–Crippen MR) is 75.2 cm³/mol. The molecule has 0 N–H and O–H groups in total. The van der Waals surface area contributed by atoms with E-state index in [0.29, 0.717) is 10.0 Å². The normalized spacial score (nSPS) is 10.3. The van der Waals surface area contributed by atoms with Crippen molar-refractivity contribution in [2.24, 2.45) is 0 Å². The number of non-ortho nitro benzene ring substituents is 1. The van der Waals surface area contributed by atoms with Crippen molar-refractivity contribution in [3.8, 4) is 0 Å². The number of nitro groups is 1. The molecule has 20 heavy (non-hydrogen) atoms. The van der Waals surface area contributed by atoms with Crippen LogP contribution in [0.25, 0.3) is 0 Å². The standard InChI is InChI=1S/C14H9BrFNO3/c15-11-6-10(7-13(8-11)17(19)20)14(18)5-9-1-3-12(16)4-2-9/h1-4,6-8H,5H2. The van der Waals surface area contributed by atoms with Gasteiger partial charge in [0, 0.05) is 28.6 Å². The van der Waals surface area contributed by atoms with Crippen LogP contribution in [-0.2, 0) is 6.42 Å². The summed E-state index contributed by atoms with van der Waals surface area (Å²) < 4.78 is 13.2. The van der Waals surface area contributed by atoms with Crippen molar-refractivity contribution >= 4 is 27.4 Å². The molecular formula is C14H9BrFNO3. The SMILES string of the molecule is O=C(Cc1ccc(F)cc1)c1cc(Br)cc([N+](=O)[O-])c1. The molecule has 6 heteroatoms. The van der Waals surface area contributed by atoms with Crippen molar-refractivity contribution in [3.63, 3.8) is 0 Å². The lowest BCUT2D eigenvalue weighted by atomic mass is 10.0. The van der Waals surface area contributed by atoms with Crippen LogP contribution in [0.2, 0.25) is 0 Å². The number of nitro benzene ring substituents is 1. The Hall–Kier alpha value is -2.08. The van der Waals surface area contributed by atoms with Crippen molar-refractivity contribution in [2.45, 2.75) is 6.42 Å². The highest BCUT2D eigenvalue weighted by molar-refractivity contribution is 9.10. The Morgan fingerprint density at radius 3 is 2.45 bits per heavy atom. The van der Waals surface area contributed by atoms with E-state index in [9.17, 15) is 19.3 Å². The third kappa shape index (κ3) is 3.48. The van der Waals surface area contributed by atoms with Gasteiger partial charge in [-0.15, -0.1) is 0 Å². The molecular weight excluding hydrogens is 329 g/mol. The monoisotopic (exact) mass is 337 g/mol. The molecule has 0 atom stereocenters. The fourth-order valence-corrected chi connectivity index (χ4v) is 2.21. The number of halogens is 2. The van der Waals surface area contributed by atoms with E-state index in [4.69, 9.17) is 0 Å². The lowest BCUT2D eigenvalue weighted by Gasteiger charge is -2.03. The summed E-state index contributed by atoms with van der Waals surface area (Å²) in [5.74, 6) is -0.639. The highest BCUT2D eigenvalue weighted by atomic mass is 79.9. The maximum absolute atomic E-state index is 12.8. The molecule has 0 aromatic heterocycles. The molecule has 0 amide bonds. The van der Waals surface area contributed by atoms with E-state index in [-0.39, 0.29) is 29.3 Å². The lowest BCUT2D eigenvalue weighted by molar-refractivity contribution is -0.385. The third-order valence-electron chi connectivity index (χ3n) is 2.69. The second kappa shape index (κ2) is 5.92. The zero-order chi connectivity index (χ0) is 14.7. The minimum Gasteiger partial charge on any atom is -0.294 e. The van der Waals surface area contributed by atoms with Gasteiger partial charge >= 0.3 is 0 Å². The van der Waals surface area contributed by atoms with Gasteiger partial charge in [0.2, 0.25) is 0 Å². The van der Waals surface area contributed by atoms with Crippen molar-refractivity contribution in [1.82, 2.24) is 0 Å². The van der Waals surface area contributed by atoms with Gasteiger partial charge in [0.1, 0.15) is 5.82 Å². The van der Waals surface area contributed by atoms with Crippen molar-refractivity contribution in [2.75, 3.05) is 0 Å². The fourth-order valence-electron chi connectivity index (χ4n) is 1.73. The molecule has 2 aromatic rings. The first-order valence-electron chi connectivity index (χ1n) is 5.68. The predicted octanol–water partition coefficient (Wildman–Crippen LogP) is 3.92. The number of benzene rings is 2. The van der Waals surface area contributed by atoms with Crippen LogP contribution >= 0.6 is 15.9 Å². The summed E-state index contributed by atoms with van der Waals surface area (Å²) >= 11 is 3.14. The maximum Gasteiger partial charge on any atom is 0.271 e. The second-order valence-electron chi connectivity index (χ2n) is 4.18. The molecule has 0 saturated heterocycles. The summed E-state index contributed by atoms with van der Waals surface area (Å²) in [6, 6.07) is 9.65. The summed E-state index contributed by atoms with van der Waals surface area (Å²) in [6.07, 6.45) is 0.0634. The quantitative estimate of drug-likeness (QED) is 0.482. The Morgan fingerprint density at radius 1 is 1.20 bits per heavy atom. The minimum atomic E-state index is -0.556. The van der Waals surface area contributed by atoms with Gasteiger partial charge in [-0.3, -0.25) is 14.9 Å². The number of nitrogens with zero attached hydrogens (tertiary/aromatic N) is 1. The summed E-state index contributed by atoms with van der Waals surface area (Å²) in [6.45, 7) is 0. The van der Waals surface area contributed by atoms with E-state index in [0.717, 1.165) is 0 Å². The molecule has 0 aliphatic heterocycles. The van der Waals surface area contributed by atoms with E-state index in [1.165, 1.54) is 42.5 Å². The molecule has 0 heterocycles. The second-order valence-corrected chi connectivity index (χ2v) is 5.10. The zero-order valence-corrected chi connectivity index (χ0v) is 11.8. The molecule has 0 fully saturated rings. The molecule has 0 unspecified atom stereocenters. The summed E-state index contributed by atoms with van der Waals surface area (Å²) in [7, 11) is 0. The van der Waals surface area contributed by atoms with Gasteiger partial charge in [0.05, 0.1) is 4.92 Å². The highest BCUT2D eigenvalue weighted by Crippen LogP contribution is 2.22. The molecule has 102 valence electrons. The van der Waals surface area contributed by atoms with Crippen LogP contribution in [0, 0.1) is 15.9 Å².